The number of aromatic nitrogens is 4. The van der Waals surface area contributed by atoms with Crippen LogP contribution in [-0.2, 0) is 13.1 Å². The molecular weight excluding hydrogens is 390 g/mol. The highest BCUT2D eigenvalue weighted by Crippen LogP contribution is 2.33. The first-order valence-electron chi connectivity index (χ1n) is 9.14. The van der Waals surface area contributed by atoms with Crippen molar-refractivity contribution in [1.82, 2.24) is 24.6 Å². The normalized spacial score (nSPS) is 15.3. The van der Waals surface area contributed by atoms with E-state index in [1.807, 2.05) is 6.07 Å². The van der Waals surface area contributed by atoms with Crippen molar-refractivity contribution in [2.45, 2.75) is 19.1 Å². The van der Waals surface area contributed by atoms with Gasteiger partial charge in [0.2, 0.25) is 0 Å². The van der Waals surface area contributed by atoms with Crippen molar-refractivity contribution in [1.29, 1.82) is 0 Å². The van der Waals surface area contributed by atoms with Gasteiger partial charge in [-0.25, -0.2) is 0 Å². The summed E-state index contributed by atoms with van der Waals surface area (Å²) < 4.78 is 2.18. The van der Waals surface area contributed by atoms with Gasteiger partial charge in [0.1, 0.15) is 5.82 Å². The molecule has 140 valence electrons. The van der Waals surface area contributed by atoms with Crippen LogP contribution < -0.4 is 0 Å². The van der Waals surface area contributed by atoms with E-state index >= 15 is 0 Å². The van der Waals surface area contributed by atoms with Gasteiger partial charge in [-0.1, -0.05) is 41.9 Å². The van der Waals surface area contributed by atoms with Crippen molar-refractivity contribution in [3.05, 3.63) is 87.6 Å². The minimum atomic E-state index is 0.217. The van der Waals surface area contributed by atoms with Gasteiger partial charge >= 0.3 is 0 Å². The van der Waals surface area contributed by atoms with E-state index < -0.39 is 0 Å². The summed E-state index contributed by atoms with van der Waals surface area (Å²) in [5.41, 5.74) is 3.52. The highest BCUT2D eigenvalue weighted by molar-refractivity contribution is 7.08. The first kappa shape index (κ1) is 17.6. The maximum Gasteiger partial charge on any atom is 0.165 e. The summed E-state index contributed by atoms with van der Waals surface area (Å²) in [4.78, 5) is 6.66. The maximum absolute atomic E-state index is 6.11. The van der Waals surface area contributed by atoms with Crippen molar-refractivity contribution in [2.24, 2.45) is 0 Å². The van der Waals surface area contributed by atoms with E-state index in [1.54, 1.807) is 23.7 Å². The van der Waals surface area contributed by atoms with Crippen LogP contribution in [-0.4, -0.2) is 31.2 Å². The minimum absolute atomic E-state index is 0.217. The molecule has 1 atom stereocenters. The fourth-order valence-electron chi connectivity index (χ4n) is 3.82. The molecule has 0 N–H and O–H groups in total. The van der Waals surface area contributed by atoms with Gasteiger partial charge < -0.3 is 4.57 Å². The van der Waals surface area contributed by atoms with Crippen molar-refractivity contribution < 1.29 is 0 Å². The molecule has 5 nitrogen and oxygen atoms in total. The smallest absolute Gasteiger partial charge is 0.165 e. The van der Waals surface area contributed by atoms with Crippen LogP contribution in [0.5, 0.6) is 0 Å². The Labute approximate surface area is 172 Å². The Bertz CT molecular complexity index is 1080. The van der Waals surface area contributed by atoms with Crippen LogP contribution in [0.3, 0.4) is 0 Å². The first-order valence-corrected chi connectivity index (χ1v) is 10.5. The molecule has 1 unspecified atom stereocenters. The number of hydrogen-bond acceptors (Lipinski definition) is 5. The fourth-order valence-corrected chi connectivity index (χ4v) is 4.68. The summed E-state index contributed by atoms with van der Waals surface area (Å²) >= 11 is 7.84. The van der Waals surface area contributed by atoms with E-state index in [-0.39, 0.29) is 6.04 Å². The van der Waals surface area contributed by atoms with Gasteiger partial charge in [0, 0.05) is 31.0 Å². The molecule has 0 fully saturated rings. The summed E-state index contributed by atoms with van der Waals surface area (Å²) in [5, 5.41) is 13.9. The third-order valence-electron chi connectivity index (χ3n) is 5.09. The maximum atomic E-state index is 6.11. The Hall–Kier alpha value is -2.54. The molecule has 1 aliphatic rings. The number of thiophene rings is 1. The molecule has 0 bridgehead atoms. The zero-order chi connectivity index (χ0) is 18.9. The van der Waals surface area contributed by atoms with Crippen LogP contribution >= 0.6 is 22.9 Å². The molecular formula is C21H18ClN5S. The monoisotopic (exact) mass is 407 g/mol. The van der Waals surface area contributed by atoms with E-state index in [0.717, 1.165) is 36.8 Å². The Balaban J connectivity index is 1.48. The number of pyridine rings is 1. The molecule has 4 aromatic rings. The quantitative estimate of drug-likeness (QED) is 0.493. The summed E-state index contributed by atoms with van der Waals surface area (Å²) in [5.74, 6) is 1.80. The lowest BCUT2D eigenvalue weighted by molar-refractivity contribution is 0.176. The topological polar surface area (TPSA) is 46.8 Å². The number of halogens is 1. The molecule has 0 radical (unpaired) electrons. The summed E-state index contributed by atoms with van der Waals surface area (Å²) in [7, 11) is 0. The predicted molar refractivity (Wildman–Crippen MR) is 111 cm³/mol. The van der Waals surface area contributed by atoms with Gasteiger partial charge in [-0.15, -0.1) is 10.2 Å². The summed E-state index contributed by atoms with van der Waals surface area (Å²) in [6.45, 7) is 2.50. The van der Waals surface area contributed by atoms with E-state index in [1.165, 1.54) is 11.1 Å². The number of benzene rings is 1. The third-order valence-corrected chi connectivity index (χ3v) is 5.99. The molecule has 1 aromatic carbocycles. The van der Waals surface area contributed by atoms with Crippen LogP contribution in [0.15, 0.2) is 65.6 Å². The van der Waals surface area contributed by atoms with Crippen molar-refractivity contribution in [2.75, 3.05) is 6.54 Å². The van der Waals surface area contributed by atoms with E-state index in [0.29, 0.717) is 5.02 Å². The fraction of sp³-hybridized carbons (Fsp3) is 0.190. The second-order valence-electron chi connectivity index (χ2n) is 6.82. The molecule has 28 heavy (non-hydrogen) atoms. The molecule has 0 saturated carbocycles. The van der Waals surface area contributed by atoms with Gasteiger partial charge in [-0.3, -0.25) is 9.88 Å². The predicted octanol–water partition coefficient (Wildman–Crippen LogP) is 4.66. The summed E-state index contributed by atoms with van der Waals surface area (Å²) in [6, 6.07) is 15.0. The molecule has 7 heteroatoms. The van der Waals surface area contributed by atoms with Crippen LogP contribution in [0.4, 0.5) is 0 Å². The average Bonchev–Trinajstić information content (AvgIpc) is 3.39. The Morgan fingerprint density at radius 2 is 1.89 bits per heavy atom. The molecule has 0 amide bonds. The highest BCUT2D eigenvalue weighted by atomic mass is 35.5. The van der Waals surface area contributed by atoms with Crippen molar-refractivity contribution >= 4 is 22.9 Å². The zero-order valence-corrected chi connectivity index (χ0v) is 16.6. The van der Waals surface area contributed by atoms with Gasteiger partial charge in [-0.2, -0.15) is 11.3 Å². The molecule has 4 heterocycles. The van der Waals surface area contributed by atoms with E-state index in [9.17, 15) is 0 Å². The van der Waals surface area contributed by atoms with Gasteiger partial charge in [0.05, 0.1) is 17.6 Å². The van der Waals surface area contributed by atoms with Gasteiger partial charge in [0.25, 0.3) is 0 Å². The van der Waals surface area contributed by atoms with Crippen molar-refractivity contribution in [3.63, 3.8) is 0 Å². The summed E-state index contributed by atoms with van der Waals surface area (Å²) in [6.07, 6.45) is 3.42. The van der Waals surface area contributed by atoms with E-state index in [2.05, 4.69) is 71.8 Å². The molecule has 5 rings (SSSR count). The third kappa shape index (κ3) is 3.24. The first-order chi connectivity index (χ1) is 13.8. The van der Waals surface area contributed by atoms with Crippen LogP contribution in [0, 0.1) is 0 Å². The number of fused-ring (bicyclic) bond motifs is 1. The number of hydrogen-bond donors (Lipinski definition) is 0. The second-order valence-corrected chi connectivity index (χ2v) is 8.04. The Morgan fingerprint density at radius 3 is 2.68 bits per heavy atom. The average molecular weight is 408 g/mol. The lowest BCUT2D eigenvalue weighted by Crippen LogP contribution is -2.37. The van der Waals surface area contributed by atoms with Gasteiger partial charge in [-0.05, 0) is 34.0 Å². The highest BCUT2D eigenvalue weighted by Gasteiger charge is 2.29. The van der Waals surface area contributed by atoms with Crippen LogP contribution in [0.2, 0.25) is 5.02 Å². The lowest BCUT2D eigenvalue weighted by atomic mass is 9.99. The molecule has 1 aliphatic heterocycles. The molecule has 0 spiro atoms. The minimum Gasteiger partial charge on any atom is -0.309 e. The lowest BCUT2D eigenvalue weighted by Gasteiger charge is -2.35. The second kappa shape index (κ2) is 7.47. The molecule has 0 aliphatic carbocycles. The Kier molecular flexibility index (Phi) is 4.68. The van der Waals surface area contributed by atoms with Crippen LogP contribution in [0.1, 0.15) is 23.0 Å². The zero-order valence-electron chi connectivity index (χ0n) is 15.1. The van der Waals surface area contributed by atoms with Gasteiger partial charge in [0.15, 0.2) is 5.82 Å². The Morgan fingerprint density at radius 1 is 1.00 bits per heavy atom. The van der Waals surface area contributed by atoms with E-state index in [4.69, 9.17) is 11.6 Å². The largest absolute Gasteiger partial charge is 0.309 e. The van der Waals surface area contributed by atoms with Crippen molar-refractivity contribution in [3.8, 4) is 11.4 Å². The number of rotatable bonds is 4. The van der Waals surface area contributed by atoms with Crippen LogP contribution in [0.25, 0.3) is 11.4 Å². The molecule has 3 aromatic heterocycles. The standard InChI is InChI=1S/C21H18ClN5S/c22-18-10-17(11-23-12-18)21-25-24-19-13-26(7-8-27(19)21)20(16-6-9-28-14-16)15-4-2-1-3-5-15/h1-6,9-12,14,20H,7-8,13H2. The molecule has 0 saturated heterocycles. The number of nitrogens with zero attached hydrogens (tertiary/aromatic N) is 5. The SMILES string of the molecule is Clc1cncc(-c2nnc3n2CCN(C(c2ccccc2)c2ccsc2)C3)c1.